The predicted octanol–water partition coefficient (Wildman–Crippen LogP) is 1.66. The van der Waals surface area contributed by atoms with Crippen molar-refractivity contribution < 1.29 is 23.5 Å². The van der Waals surface area contributed by atoms with Crippen molar-refractivity contribution in [1.82, 2.24) is 5.32 Å². The summed E-state index contributed by atoms with van der Waals surface area (Å²) < 4.78 is 22.6. The smallest absolute Gasteiger partial charge is 0.344 e. The van der Waals surface area contributed by atoms with Crippen LogP contribution in [-0.4, -0.2) is 30.6 Å². The molecule has 0 aromatic heterocycles. The van der Waals surface area contributed by atoms with Crippen LogP contribution in [0.15, 0.2) is 24.3 Å². The van der Waals surface area contributed by atoms with Gasteiger partial charge in [0.15, 0.2) is 13.2 Å². The van der Waals surface area contributed by atoms with Crippen molar-refractivity contribution >= 4 is 11.9 Å². The Morgan fingerprint density at radius 2 is 1.95 bits per heavy atom. The summed E-state index contributed by atoms with van der Waals surface area (Å²) in [6.07, 6.45) is 0. The highest BCUT2D eigenvalue weighted by Crippen LogP contribution is 2.11. The van der Waals surface area contributed by atoms with Crippen LogP contribution in [0.1, 0.15) is 20.8 Å². The Labute approximate surface area is 117 Å². The van der Waals surface area contributed by atoms with Gasteiger partial charge in [0.25, 0.3) is 5.91 Å². The van der Waals surface area contributed by atoms with Gasteiger partial charge in [-0.15, -0.1) is 0 Å². The molecule has 20 heavy (non-hydrogen) atoms. The second kappa shape index (κ2) is 6.88. The van der Waals surface area contributed by atoms with Crippen molar-refractivity contribution in [2.45, 2.75) is 26.3 Å². The third kappa shape index (κ3) is 6.72. The Balaban J connectivity index is 2.29. The second-order valence-electron chi connectivity index (χ2n) is 5.20. The zero-order chi connectivity index (χ0) is 15.2. The quantitative estimate of drug-likeness (QED) is 0.835. The van der Waals surface area contributed by atoms with Gasteiger partial charge in [-0.25, -0.2) is 9.18 Å². The number of hydrogen-bond donors (Lipinski definition) is 1. The Kier molecular flexibility index (Phi) is 5.49. The van der Waals surface area contributed by atoms with Crippen molar-refractivity contribution in [2.75, 3.05) is 13.2 Å². The average Bonchev–Trinajstić information content (AvgIpc) is 2.32. The molecule has 5 nitrogen and oxygen atoms in total. The van der Waals surface area contributed by atoms with Crippen molar-refractivity contribution in [2.24, 2.45) is 0 Å². The molecule has 1 aromatic rings. The first-order valence-electron chi connectivity index (χ1n) is 6.11. The molecule has 1 N–H and O–H groups in total. The third-order valence-electron chi connectivity index (χ3n) is 2.03. The maximum absolute atomic E-state index is 12.9. The van der Waals surface area contributed by atoms with E-state index in [0.717, 1.165) is 6.07 Å². The van der Waals surface area contributed by atoms with Crippen LogP contribution in [0.2, 0.25) is 0 Å². The van der Waals surface area contributed by atoms with E-state index < -0.39 is 17.7 Å². The van der Waals surface area contributed by atoms with E-state index in [1.165, 1.54) is 18.2 Å². The van der Waals surface area contributed by atoms with Gasteiger partial charge in [-0.2, -0.15) is 0 Å². The molecular formula is C14H18FNO4. The number of nitrogens with one attached hydrogen (secondary N) is 1. The first-order chi connectivity index (χ1) is 9.26. The lowest BCUT2D eigenvalue weighted by molar-refractivity contribution is -0.150. The van der Waals surface area contributed by atoms with Crippen LogP contribution in [0.4, 0.5) is 4.39 Å². The zero-order valence-corrected chi connectivity index (χ0v) is 11.7. The minimum atomic E-state index is -0.696. The Morgan fingerprint density at radius 3 is 2.55 bits per heavy atom. The zero-order valence-electron chi connectivity index (χ0n) is 11.7. The van der Waals surface area contributed by atoms with Crippen molar-refractivity contribution in [3.05, 3.63) is 30.1 Å². The molecule has 0 unspecified atom stereocenters. The van der Waals surface area contributed by atoms with Crippen molar-refractivity contribution in [3.63, 3.8) is 0 Å². The number of rotatable bonds is 5. The molecule has 0 saturated carbocycles. The maximum Gasteiger partial charge on any atom is 0.344 e. The van der Waals surface area contributed by atoms with Gasteiger partial charge in [0.05, 0.1) is 0 Å². The van der Waals surface area contributed by atoms with E-state index in [4.69, 9.17) is 9.47 Å². The fraction of sp³-hybridized carbons (Fsp3) is 0.429. The lowest BCUT2D eigenvalue weighted by Crippen LogP contribution is -2.43. The summed E-state index contributed by atoms with van der Waals surface area (Å²) in [6.45, 7) is 4.70. The molecule has 0 aliphatic carbocycles. The van der Waals surface area contributed by atoms with Crippen LogP contribution >= 0.6 is 0 Å². The molecule has 0 heterocycles. The number of ether oxygens (including phenoxy) is 2. The van der Waals surface area contributed by atoms with Crippen LogP contribution in [0.3, 0.4) is 0 Å². The largest absolute Gasteiger partial charge is 0.482 e. The summed E-state index contributed by atoms with van der Waals surface area (Å²) >= 11 is 0. The van der Waals surface area contributed by atoms with E-state index in [1.54, 1.807) is 0 Å². The number of halogens is 1. The monoisotopic (exact) mass is 283 g/mol. The highest BCUT2D eigenvalue weighted by molar-refractivity contribution is 5.81. The molecule has 0 bridgehead atoms. The van der Waals surface area contributed by atoms with Gasteiger partial charge in [0, 0.05) is 11.6 Å². The molecule has 110 valence electrons. The number of amides is 1. The predicted molar refractivity (Wildman–Crippen MR) is 70.7 cm³/mol. The highest BCUT2D eigenvalue weighted by Gasteiger charge is 2.15. The molecule has 1 aromatic carbocycles. The number of esters is 1. The topological polar surface area (TPSA) is 64.6 Å². The molecule has 0 radical (unpaired) electrons. The van der Waals surface area contributed by atoms with Crippen LogP contribution < -0.4 is 10.1 Å². The fourth-order valence-electron chi connectivity index (χ4n) is 1.34. The van der Waals surface area contributed by atoms with E-state index >= 15 is 0 Å². The van der Waals surface area contributed by atoms with E-state index in [9.17, 15) is 14.0 Å². The van der Waals surface area contributed by atoms with Crippen molar-refractivity contribution in [1.29, 1.82) is 0 Å². The van der Waals surface area contributed by atoms with Gasteiger partial charge in [-0.3, -0.25) is 4.79 Å². The molecule has 1 rings (SSSR count). The molecule has 0 aliphatic heterocycles. The highest BCUT2D eigenvalue weighted by atomic mass is 19.1. The third-order valence-corrected chi connectivity index (χ3v) is 2.03. The number of hydrogen-bond acceptors (Lipinski definition) is 4. The summed E-state index contributed by atoms with van der Waals surface area (Å²) in [7, 11) is 0. The molecular weight excluding hydrogens is 265 g/mol. The standard InChI is InChI=1S/C14H18FNO4/c1-14(2,3)16-12(17)8-20-13(18)9-19-11-6-4-5-10(15)7-11/h4-7H,8-9H2,1-3H3,(H,16,17). The Hall–Kier alpha value is -2.11. The summed E-state index contributed by atoms with van der Waals surface area (Å²) in [5.41, 5.74) is -0.387. The Bertz CT molecular complexity index is 482. The maximum atomic E-state index is 12.9. The van der Waals surface area contributed by atoms with Crippen molar-refractivity contribution in [3.8, 4) is 5.75 Å². The summed E-state index contributed by atoms with van der Waals surface area (Å²) in [5, 5.41) is 2.65. The molecule has 6 heteroatoms. The Morgan fingerprint density at radius 1 is 1.25 bits per heavy atom. The lowest BCUT2D eigenvalue weighted by atomic mass is 10.1. The summed E-state index contributed by atoms with van der Waals surface area (Å²) in [5.74, 6) is -1.32. The number of carbonyl (C=O) groups excluding carboxylic acids is 2. The lowest BCUT2D eigenvalue weighted by Gasteiger charge is -2.20. The number of carbonyl (C=O) groups is 2. The summed E-state index contributed by atoms with van der Waals surface area (Å²) in [6, 6.07) is 5.40. The average molecular weight is 283 g/mol. The second-order valence-corrected chi connectivity index (χ2v) is 5.20. The molecule has 0 saturated heterocycles. The number of benzene rings is 1. The molecule has 1 amide bonds. The van der Waals surface area contributed by atoms with E-state index in [0.29, 0.717) is 0 Å². The normalized spacial score (nSPS) is 10.8. The fourth-order valence-corrected chi connectivity index (χ4v) is 1.34. The SMILES string of the molecule is CC(C)(C)NC(=O)COC(=O)COc1cccc(F)c1. The molecule has 0 fully saturated rings. The van der Waals surface area contributed by atoms with Crippen LogP contribution in [0.25, 0.3) is 0 Å². The minimum Gasteiger partial charge on any atom is -0.482 e. The van der Waals surface area contributed by atoms with Crippen LogP contribution in [0, 0.1) is 5.82 Å². The molecule has 0 spiro atoms. The van der Waals surface area contributed by atoms with E-state index in [2.05, 4.69) is 5.32 Å². The van der Waals surface area contributed by atoms with Gasteiger partial charge in [-0.05, 0) is 32.9 Å². The van der Waals surface area contributed by atoms with Gasteiger partial charge in [0.1, 0.15) is 11.6 Å². The van der Waals surface area contributed by atoms with Gasteiger partial charge in [-0.1, -0.05) is 6.07 Å². The van der Waals surface area contributed by atoms with Gasteiger partial charge < -0.3 is 14.8 Å². The van der Waals surface area contributed by atoms with Crippen LogP contribution in [0.5, 0.6) is 5.75 Å². The first kappa shape index (κ1) is 15.9. The van der Waals surface area contributed by atoms with Gasteiger partial charge >= 0.3 is 5.97 Å². The van der Waals surface area contributed by atoms with Gasteiger partial charge in [0.2, 0.25) is 0 Å². The first-order valence-corrected chi connectivity index (χ1v) is 6.11. The van der Waals surface area contributed by atoms with E-state index in [-0.39, 0.29) is 24.5 Å². The summed E-state index contributed by atoms with van der Waals surface area (Å²) in [4.78, 5) is 22.8. The molecule has 0 aliphatic rings. The van der Waals surface area contributed by atoms with Crippen LogP contribution in [-0.2, 0) is 14.3 Å². The van der Waals surface area contributed by atoms with E-state index in [1.807, 2.05) is 20.8 Å². The minimum absolute atomic E-state index is 0.223. The molecule has 0 atom stereocenters.